The summed E-state index contributed by atoms with van der Waals surface area (Å²) in [6.07, 6.45) is 5.69. The number of fused-ring (bicyclic) bond motifs is 1. The molecule has 126 valence electrons. The number of hydrogen-bond donors (Lipinski definition) is 0. The second-order valence-corrected chi connectivity index (χ2v) is 7.51. The second-order valence-electron chi connectivity index (χ2n) is 7.51. The summed E-state index contributed by atoms with van der Waals surface area (Å²) in [7, 11) is 1.44. The first kappa shape index (κ1) is 16.0. The number of esters is 1. The zero-order chi connectivity index (χ0) is 16.7. The highest BCUT2D eigenvalue weighted by atomic mass is 16.5. The fourth-order valence-electron chi connectivity index (χ4n) is 4.55. The summed E-state index contributed by atoms with van der Waals surface area (Å²) in [5.74, 6) is 0.178. The number of rotatable bonds is 5. The molecule has 1 aliphatic heterocycles. The maximum atomic E-state index is 12.5. The Morgan fingerprint density at radius 1 is 1.39 bits per heavy atom. The monoisotopic (exact) mass is 319 g/mol. The van der Waals surface area contributed by atoms with E-state index in [9.17, 15) is 9.59 Å². The van der Waals surface area contributed by atoms with Crippen molar-refractivity contribution in [3.05, 3.63) is 18.5 Å². The highest BCUT2D eigenvalue weighted by Crippen LogP contribution is 2.63. The van der Waals surface area contributed by atoms with Crippen LogP contribution in [0.15, 0.2) is 18.5 Å². The van der Waals surface area contributed by atoms with Gasteiger partial charge in [0, 0.05) is 38.4 Å². The highest BCUT2D eigenvalue weighted by molar-refractivity contribution is 5.83. The third-order valence-electron chi connectivity index (χ3n) is 5.54. The highest BCUT2D eigenvalue weighted by Gasteiger charge is 2.67. The van der Waals surface area contributed by atoms with Crippen LogP contribution in [0.25, 0.3) is 0 Å². The number of ether oxygens (including phenoxy) is 1. The van der Waals surface area contributed by atoms with Gasteiger partial charge in [-0.3, -0.25) is 14.3 Å². The Morgan fingerprint density at radius 2 is 2.17 bits per heavy atom. The van der Waals surface area contributed by atoms with Crippen LogP contribution in [0.3, 0.4) is 0 Å². The van der Waals surface area contributed by atoms with Crippen LogP contribution < -0.4 is 0 Å². The molecule has 0 bridgehead atoms. The van der Waals surface area contributed by atoms with Crippen molar-refractivity contribution < 1.29 is 14.3 Å². The van der Waals surface area contributed by atoms with Gasteiger partial charge in [-0.2, -0.15) is 5.10 Å². The molecule has 1 amide bonds. The molecule has 0 spiro atoms. The number of methoxy groups -OCH3 is 1. The predicted octanol–water partition coefficient (Wildman–Crippen LogP) is 1.71. The quantitative estimate of drug-likeness (QED) is 0.775. The van der Waals surface area contributed by atoms with E-state index in [0.29, 0.717) is 19.5 Å². The number of nitrogens with zero attached hydrogens (tertiary/aromatic N) is 3. The van der Waals surface area contributed by atoms with Crippen LogP contribution in [-0.2, 0) is 20.9 Å². The molecule has 1 saturated carbocycles. The molecule has 1 aliphatic carbocycles. The maximum Gasteiger partial charge on any atom is 0.314 e. The van der Waals surface area contributed by atoms with E-state index in [1.807, 2.05) is 21.8 Å². The Kier molecular flexibility index (Phi) is 3.94. The van der Waals surface area contributed by atoms with Gasteiger partial charge in [-0.1, -0.05) is 13.8 Å². The fourth-order valence-corrected chi connectivity index (χ4v) is 4.55. The van der Waals surface area contributed by atoms with Crippen LogP contribution in [0, 0.1) is 16.7 Å². The molecule has 6 nitrogen and oxygen atoms in total. The predicted molar refractivity (Wildman–Crippen MR) is 84.4 cm³/mol. The maximum absolute atomic E-state index is 12.5. The Balaban J connectivity index is 1.59. The Hall–Kier alpha value is -1.85. The normalized spacial score (nSPS) is 28.1. The zero-order valence-corrected chi connectivity index (χ0v) is 14.1. The van der Waals surface area contributed by atoms with Gasteiger partial charge in [-0.05, 0) is 30.2 Å². The van der Waals surface area contributed by atoms with Crippen LogP contribution in [-0.4, -0.2) is 46.8 Å². The lowest BCUT2D eigenvalue weighted by molar-refractivity contribution is -0.174. The SMILES string of the molecule is COC(=O)[C@@]12CN(C(=O)CCCn3cccn3)C[C@@H]1C(C)(C)C2. The summed E-state index contributed by atoms with van der Waals surface area (Å²) in [4.78, 5) is 26.6. The van der Waals surface area contributed by atoms with Gasteiger partial charge in [0.1, 0.15) is 0 Å². The largest absolute Gasteiger partial charge is 0.469 e. The number of hydrogen-bond acceptors (Lipinski definition) is 4. The first-order valence-electron chi connectivity index (χ1n) is 8.23. The lowest BCUT2D eigenvalue weighted by Gasteiger charge is -2.54. The minimum absolute atomic E-state index is 0.0955. The van der Waals surface area contributed by atoms with Gasteiger partial charge >= 0.3 is 5.97 Å². The molecule has 0 unspecified atom stereocenters. The number of aromatic nitrogens is 2. The van der Waals surface area contributed by atoms with Crippen molar-refractivity contribution in [3.63, 3.8) is 0 Å². The Bertz CT molecular complexity index is 596. The smallest absolute Gasteiger partial charge is 0.314 e. The van der Waals surface area contributed by atoms with E-state index in [4.69, 9.17) is 4.74 Å². The minimum atomic E-state index is -0.476. The summed E-state index contributed by atoms with van der Waals surface area (Å²) >= 11 is 0. The average Bonchev–Trinajstić information content (AvgIpc) is 3.12. The molecule has 3 rings (SSSR count). The summed E-state index contributed by atoms with van der Waals surface area (Å²) in [5.41, 5.74) is -0.381. The Labute approximate surface area is 136 Å². The number of likely N-dealkylation sites (tertiary alicyclic amines) is 1. The van der Waals surface area contributed by atoms with Crippen LogP contribution in [0.5, 0.6) is 0 Å². The third kappa shape index (κ3) is 2.64. The van der Waals surface area contributed by atoms with Gasteiger partial charge in [0.05, 0.1) is 12.5 Å². The molecule has 2 aliphatic rings. The van der Waals surface area contributed by atoms with Gasteiger partial charge < -0.3 is 9.64 Å². The summed E-state index contributed by atoms with van der Waals surface area (Å²) in [5, 5.41) is 4.14. The van der Waals surface area contributed by atoms with Gasteiger partial charge in [0.25, 0.3) is 0 Å². The first-order valence-corrected chi connectivity index (χ1v) is 8.23. The number of carbonyl (C=O) groups is 2. The van der Waals surface area contributed by atoms with E-state index in [-0.39, 0.29) is 23.2 Å². The molecule has 2 fully saturated rings. The molecule has 0 radical (unpaired) electrons. The van der Waals surface area contributed by atoms with Gasteiger partial charge in [-0.15, -0.1) is 0 Å². The number of carbonyl (C=O) groups excluding carboxylic acids is 2. The topological polar surface area (TPSA) is 64.4 Å². The van der Waals surface area contributed by atoms with Gasteiger partial charge in [0.2, 0.25) is 5.91 Å². The van der Waals surface area contributed by atoms with Crippen molar-refractivity contribution in [1.29, 1.82) is 0 Å². The molecule has 0 aromatic carbocycles. The molecule has 1 saturated heterocycles. The van der Waals surface area contributed by atoms with Crippen LogP contribution in [0.1, 0.15) is 33.1 Å². The van der Waals surface area contributed by atoms with E-state index < -0.39 is 5.41 Å². The van der Waals surface area contributed by atoms with E-state index in [0.717, 1.165) is 19.4 Å². The van der Waals surface area contributed by atoms with Crippen LogP contribution >= 0.6 is 0 Å². The fraction of sp³-hybridized carbons (Fsp3) is 0.706. The average molecular weight is 319 g/mol. The van der Waals surface area contributed by atoms with E-state index in [1.165, 1.54) is 7.11 Å². The Morgan fingerprint density at radius 3 is 2.78 bits per heavy atom. The van der Waals surface area contributed by atoms with E-state index in [1.54, 1.807) is 6.20 Å². The van der Waals surface area contributed by atoms with Crippen molar-refractivity contribution in [3.8, 4) is 0 Å². The molecule has 1 aromatic rings. The molecule has 1 aromatic heterocycles. The molecular weight excluding hydrogens is 294 g/mol. The van der Waals surface area contributed by atoms with Crippen LogP contribution in [0.4, 0.5) is 0 Å². The number of aryl methyl sites for hydroxylation is 1. The van der Waals surface area contributed by atoms with Crippen molar-refractivity contribution in [1.82, 2.24) is 14.7 Å². The van der Waals surface area contributed by atoms with Crippen molar-refractivity contribution in [2.75, 3.05) is 20.2 Å². The zero-order valence-electron chi connectivity index (χ0n) is 14.1. The molecule has 0 N–H and O–H groups in total. The number of amides is 1. The van der Waals surface area contributed by atoms with Crippen LogP contribution in [0.2, 0.25) is 0 Å². The van der Waals surface area contributed by atoms with Crippen molar-refractivity contribution >= 4 is 11.9 Å². The molecule has 6 heteroatoms. The second kappa shape index (κ2) is 5.65. The summed E-state index contributed by atoms with van der Waals surface area (Å²) in [6.45, 7) is 6.26. The van der Waals surface area contributed by atoms with Gasteiger partial charge in [-0.25, -0.2) is 0 Å². The summed E-state index contributed by atoms with van der Waals surface area (Å²) in [6, 6.07) is 1.88. The lowest BCUT2D eigenvalue weighted by atomic mass is 9.48. The standard InChI is InChI=1S/C17H25N3O3/c1-16(2)11-17(15(22)23-3)12-19(10-13(16)17)14(21)6-4-8-20-9-5-7-18-20/h5,7,9,13H,4,6,8,10-12H2,1-3H3/t13-,17+/m1/s1. The minimum Gasteiger partial charge on any atom is -0.469 e. The first-order chi connectivity index (χ1) is 10.9. The van der Waals surface area contributed by atoms with Crippen molar-refractivity contribution in [2.45, 2.75) is 39.7 Å². The summed E-state index contributed by atoms with van der Waals surface area (Å²) < 4.78 is 6.86. The van der Waals surface area contributed by atoms with E-state index in [2.05, 4.69) is 18.9 Å². The molecule has 2 atom stereocenters. The lowest BCUT2D eigenvalue weighted by Crippen LogP contribution is -2.57. The molecule has 2 heterocycles. The van der Waals surface area contributed by atoms with Gasteiger partial charge in [0.15, 0.2) is 0 Å². The molecule has 23 heavy (non-hydrogen) atoms. The molecular formula is C17H25N3O3. The van der Waals surface area contributed by atoms with E-state index >= 15 is 0 Å². The van der Waals surface area contributed by atoms with Crippen molar-refractivity contribution in [2.24, 2.45) is 16.7 Å². The third-order valence-corrected chi connectivity index (χ3v) is 5.54.